The van der Waals surface area contributed by atoms with Crippen LogP contribution in [0.25, 0.3) is 21.8 Å². The van der Waals surface area contributed by atoms with Crippen LogP contribution in [-0.2, 0) is 16.0 Å². The molecule has 0 spiro atoms. The lowest BCUT2D eigenvalue weighted by Crippen LogP contribution is -2.16. The predicted octanol–water partition coefficient (Wildman–Crippen LogP) is 3.52. The molecule has 0 aliphatic carbocycles. The van der Waals surface area contributed by atoms with Gasteiger partial charge in [0.15, 0.2) is 6.29 Å². The minimum atomic E-state index is -0.218. The zero-order valence-corrected chi connectivity index (χ0v) is 14.0. The van der Waals surface area contributed by atoms with Crippen molar-refractivity contribution >= 4 is 21.8 Å². The highest BCUT2D eigenvalue weighted by molar-refractivity contribution is 6.09. The fraction of sp³-hybridized carbons (Fsp3) is 0.389. The molecule has 0 saturated heterocycles. The largest absolute Gasteiger partial charge is 0.497 e. The molecule has 0 atom stereocenters. The summed E-state index contributed by atoms with van der Waals surface area (Å²) in [5, 5.41) is 2.42. The van der Waals surface area contributed by atoms with E-state index >= 15 is 0 Å². The Morgan fingerprint density at radius 1 is 1.09 bits per heavy atom. The van der Waals surface area contributed by atoms with Gasteiger partial charge in [-0.3, -0.25) is 4.98 Å². The molecule has 3 aromatic rings. The average molecular weight is 314 g/mol. The Morgan fingerprint density at radius 2 is 1.87 bits per heavy atom. The van der Waals surface area contributed by atoms with E-state index in [1.807, 2.05) is 19.2 Å². The summed E-state index contributed by atoms with van der Waals surface area (Å²) in [5.74, 6) is 0.849. The van der Waals surface area contributed by atoms with Crippen LogP contribution in [0.4, 0.5) is 0 Å². The van der Waals surface area contributed by atoms with Crippen LogP contribution in [0.1, 0.15) is 12.1 Å². The van der Waals surface area contributed by atoms with E-state index in [0.29, 0.717) is 0 Å². The molecule has 3 rings (SSSR count). The van der Waals surface area contributed by atoms with E-state index in [-0.39, 0.29) is 6.29 Å². The van der Waals surface area contributed by atoms with Gasteiger partial charge in [-0.1, -0.05) is 0 Å². The van der Waals surface area contributed by atoms with E-state index in [0.717, 1.165) is 35.4 Å². The van der Waals surface area contributed by atoms with Gasteiger partial charge < -0.3 is 18.8 Å². The molecule has 0 bridgehead atoms. The second kappa shape index (κ2) is 6.56. The van der Waals surface area contributed by atoms with Gasteiger partial charge in [-0.05, 0) is 25.1 Å². The van der Waals surface area contributed by atoms with Crippen LogP contribution >= 0.6 is 0 Å². The van der Waals surface area contributed by atoms with Crippen LogP contribution in [0.15, 0.2) is 30.5 Å². The molecule has 1 aromatic carbocycles. The average Bonchev–Trinajstić information content (AvgIpc) is 2.90. The van der Waals surface area contributed by atoms with Gasteiger partial charge in [0, 0.05) is 50.2 Å². The minimum Gasteiger partial charge on any atom is -0.497 e. The summed E-state index contributed by atoms with van der Waals surface area (Å²) in [4.78, 5) is 4.46. The lowest BCUT2D eigenvalue weighted by molar-refractivity contribution is -0.107. The lowest BCUT2D eigenvalue weighted by atomic mass is 10.1. The summed E-state index contributed by atoms with van der Waals surface area (Å²) in [5.41, 5.74) is 3.31. The number of hydrogen-bond acceptors (Lipinski definition) is 4. The molecule has 0 unspecified atom stereocenters. The Morgan fingerprint density at radius 3 is 2.57 bits per heavy atom. The molecule has 23 heavy (non-hydrogen) atoms. The maximum absolute atomic E-state index is 5.39. The van der Waals surface area contributed by atoms with Crippen LogP contribution in [0.2, 0.25) is 0 Å². The van der Waals surface area contributed by atoms with Gasteiger partial charge in [0.2, 0.25) is 0 Å². The van der Waals surface area contributed by atoms with Crippen molar-refractivity contribution in [1.82, 2.24) is 9.55 Å². The SMILES string of the molecule is COc1ccc2c3ccnc(C)c3n(CCC(OC)OC)c2c1. The Labute approximate surface area is 135 Å². The van der Waals surface area contributed by atoms with Crippen molar-refractivity contribution in [3.63, 3.8) is 0 Å². The fourth-order valence-electron chi connectivity index (χ4n) is 3.13. The number of benzene rings is 1. The van der Waals surface area contributed by atoms with Gasteiger partial charge in [0.25, 0.3) is 0 Å². The summed E-state index contributed by atoms with van der Waals surface area (Å²) >= 11 is 0. The van der Waals surface area contributed by atoms with Crippen molar-refractivity contribution in [3.8, 4) is 5.75 Å². The Balaban J connectivity index is 2.18. The van der Waals surface area contributed by atoms with Crippen LogP contribution < -0.4 is 4.74 Å². The molecule has 5 nitrogen and oxygen atoms in total. The first-order valence-corrected chi connectivity index (χ1v) is 7.66. The number of hydrogen-bond donors (Lipinski definition) is 0. The van der Waals surface area contributed by atoms with Crippen molar-refractivity contribution in [2.75, 3.05) is 21.3 Å². The third-order valence-electron chi connectivity index (χ3n) is 4.28. The van der Waals surface area contributed by atoms with Gasteiger partial charge in [-0.25, -0.2) is 0 Å². The smallest absolute Gasteiger partial charge is 0.158 e. The highest BCUT2D eigenvalue weighted by Gasteiger charge is 2.15. The summed E-state index contributed by atoms with van der Waals surface area (Å²) in [6.45, 7) is 2.82. The normalized spacial score (nSPS) is 11.7. The summed E-state index contributed by atoms with van der Waals surface area (Å²) in [6, 6.07) is 8.24. The molecule has 122 valence electrons. The molecule has 0 saturated carbocycles. The van der Waals surface area contributed by atoms with Gasteiger partial charge >= 0.3 is 0 Å². The first-order chi connectivity index (χ1) is 11.2. The molecular formula is C18H22N2O3. The summed E-state index contributed by atoms with van der Waals surface area (Å²) in [7, 11) is 5.01. The van der Waals surface area contributed by atoms with Gasteiger partial charge in [0.05, 0.1) is 23.8 Å². The van der Waals surface area contributed by atoms with Gasteiger partial charge in [-0.15, -0.1) is 0 Å². The number of aromatic nitrogens is 2. The second-order valence-corrected chi connectivity index (χ2v) is 5.52. The molecule has 2 heterocycles. The van der Waals surface area contributed by atoms with Crippen molar-refractivity contribution in [2.45, 2.75) is 26.2 Å². The second-order valence-electron chi connectivity index (χ2n) is 5.52. The number of pyridine rings is 1. The molecule has 0 aliphatic heterocycles. The van der Waals surface area contributed by atoms with Crippen molar-refractivity contribution in [2.24, 2.45) is 0 Å². The zero-order valence-electron chi connectivity index (χ0n) is 14.0. The van der Waals surface area contributed by atoms with Crippen LogP contribution in [0.5, 0.6) is 5.75 Å². The third kappa shape index (κ3) is 2.78. The van der Waals surface area contributed by atoms with E-state index in [2.05, 4.69) is 27.8 Å². The summed E-state index contributed by atoms with van der Waals surface area (Å²) < 4.78 is 18.3. The van der Waals surface area contributed by atoms with Crippen molar-refractivity contribution in [1.29, 1.82) is 0 Å². The number of rotatable bonds is 6. The number of fused-ring (bicyclic) bond motifs is 3. The topological polar surface area (TPSA) is 45.5 Å². The molecule has 2 aromatic heterocycles. The standard InChI is InChI=1S/C18H22N2O3/c1-12-18-15(7-9-19-12)14-6-5-13(21-2)11-16(14)20(18)10-8-17(22-3)23-4/h5-7,9,11,17H,8,10H2,1-4H3. The Bertz CT molecular complexity index is 822. The molecule has 0 aliphatic rings. The zero-order chi connectivity index (χ0) is 16.4. The highest BCUT2D eigenvalue weighted by Crippen LogP contribution is 2.32. The van der Waals surface area contributed by atoms with Crippen molar-refractivity contribution in [3.05, 3.63) is 36.2 Å². The molecule has 5 heteroatoms. The number of methoxy groups -OCH3 is 3. The Kier molecular flexibility index (Phi) is 4.50. The number of nitrogens with zero attached hydrogens (tertiary/aromatic N) is 2. The maximum atomic E-state index is 5.39. The molecular weight excluding hydrogens is 292 g/mol. The maximum Gasteiger partial charge on any atom is 0.158 e. The lowest BCUT2D eigenvalue weighted by Gasteiger charge is -2.15. The van der Waals surface area contributed by atoms with Gasteiger partial charge in [-0.2, -0.15) is 0 Å². The quantitative estimate of drug-likeness (QED) is 0.653. The molecule has 0 fully saturated rings. The van der Waals surface area contributed by atoms with E-state index in [4.69, 9.17) is 14.2 Å². The van der Waals surface area contributed by atoms with E-state index < -0.39 is 0 Å². The molecule has 0 radical (unpaired) electrons. The molecule has 0 amide bonds. The fourth-order valence-corrected chi connectivity index (χ4v) is 3.13. The first-order valence-electron chi connectivity index (χ1n) is 7.66. The van der Waals surface area contributed by atoms with Crippen LogP contribution in [-0.4, -0.2) is 37.2 Å². The van der Waals surface area contributed by atoms with E-state index in [1.165, 1.54) is 10.8 Å². The van der Waals surface area contributed by atoms with Crippen molar-refractivity contribution < 1.29 is 14.2 Å². The minimum absolute atomic E-state index is 0.218. The third-order valence-corrected chi connectivity index (χ3v) is 4.28. The highest BCUT2D eigenvalue weighted by atomic mass is 16.7. The van der Waals surface area contributed by atoms with E-state index in [1.54, 1.807) is 21.3 Å². The predicted molar refractivity (Wildman–Crippen MR) is 91.0 cm³/mol. The van der Waals surface area contributed by atoms with Crippen LogP contribution in [0, 0.1) is 6.92 Å². The van der Waals surface area contributed by atoms with Gasteiger partial charge in [0.1, 0.15) is 5.75 Å². The monoisotopic (exact) mass is 314 g/mol. The number of aryl methyl sites for hydroxylation is 2. The first kappa shape index (κ1) is 15.8. The Hall–Kier alpha value is -2.11. The van der Waals surface area contributed by atoms with Crippen LogP contribution in [0.3, 0.4) is 0 Å². The summed E-state index contributed by atoms with van der Waals surface area (Å²) in [6.07, 6.45) is 2.40. The number of ether oxygens (including phenoxy) is 3. The molecule has 0 N–H and O–H groups in total. The van der Waals surface area contributed by atoms with E-state index in [9.17, 15) is 0 Å².